The Kier molecular flexibility index (Phi) is 4.66. The molecule has 0 fully saturated rings. The van der Waals surface area contributed by atoms with E-state index in [0.717, 1.165) is 10.1 Å². The van der Waals surface area contributed by atoms with Gasteiger partial charge in [-0.2, -0.15) is 17.7 Å². The predicted molar refractivity (Wildman–Crippen MR) is 88.0 cm³/mol. The van der Waals surface area contributed by atoms with Crippen molar-refractivity contribution in [3.8, 4) is 5.88 Å². The second kappa shape index (κ2) is 6.77. The van der Waals surface area contributed by atoms with Crippen molar-refractivity contribution in [2.45, 2.75) is 33.5 Å². The molecule has 26 heavy (non-hydrogen) atoms. The van der Waals surface area contributed by atoms with Crippen molar-refractivity contribution in [2.24, 2.45) is 0 Å². The lowest BCUT2D eigenvalue weighted by Crippen LogP contribution is -2.15. The molecular weight excluding hydrogens is 349 g/mol. The molecule has 3 rings (SSSR count). The van der Waals surface area contributed by atoms with Crippen molar-refractivity contribution < 1.29 is 17.9 Å². The Labute approximate surface area is 147 Å². The molecule has 0 bridgehead atoms. The lowest BCUT2D eigenvalue weighted by Gasteiger charge is -2.14. The molecule has 0 amide bonds. The molecule has 7 nitrogen and oxygen atoms in total. The summed E-state index contributed by atoms with van der Waals surface area (Å²) in [6.07, 6.45) is -3.03. The number of ether oxygens (including phenoxy) is 1. The van der Waals surface area contributed by atoms with Crippen LogP contribution in [0.2, 0.25) is 0 Å². The van der Waals surface area contributed by atoms with Crippen molar-refractivity contribution in [3.05, 3.63) is 40.8 Å². The Hall–Kier alpha value is -2.91. The summed E-state index contributed by atoms with van der Waals surface area (Å²) in [5.41, 5.74) is 2.12. The van der Waals surface area contributed by atoms with Crippen LogP contribution in [0.15, 0.2) is 18.3 Å². The van der Waals surface area contributed by atoms with E-state index >= 15 is 0 Å². The van der Waals surface area contributed by atoms with E-state index in [9.17, 15) is 13.2 Å². The predicted octanol–water partition coefficient (Wildman–Crippen LogP) is 3.17. The number of hydrogen-bond acceptors (Lipinski definition) is 6. The fraction of sp³-hybridized carbons (Fsp3) is 0.375. The van der Waals surface area contributed by atoms with Crippen LogP contribution < -0.4 is 10.1 Å². The number of nitrogens with one attached hydrogen (secondary N) is 1. The minimum Gasteiger partial charge on any atom is -0.478 e. The van der Waals surface area contributed by atoms with Gasteiger partial charge in [-0.1, -0.05) is 6.07 Å². The molecule has 138 valence electrons. The summed E-state index contributed by atoms with van der Waals surface area (Å²) in [4.78, 5) is 4.15. The van der Waals surface area contributed by atoms with Gasteiger partial charge in [0, 0.05) is 23.9 Å². The Morgan fingerprint density at radius 1 is 1.19 bits per heavy atom. The van der Waals surface area contributed by atoms with Gasteiger partial charge in [0.05, 0.1) is 6.61 Å². The van der Waals surface area contributed by atoms with E-state index < -0.39 is 12.0 Å². The molecule has 0 saturated carbocycles. The molecule has 0 aliphatic heterocycles. The zero-order chi connectivity index (χ0) is 18.9. The number of aryl methyl sites for hydroxylation is 1. The second-order valence-electron chi connectivity index (χ2n) is 5.61. The summed E-state index contributed by atoms with van der Waals surface area (Å²) in [5.74, 6) is -0.375. The molecule has 0 aliphatic carbocycles. The first-order chi connectivity index (χ1) is 12.3. The number of pyridine rings is 1. The maximum Gasteiger partial charge on any atom is 0.453 e. The quantitative estimate of drug-likeness (QED) is 0.747. The van der Waals surface area contributed by atoms with Crippen LogP contribution in [0.25, 0.3) is 5.65 Å². The third-order valence-electron chi connectivity index (χ3n) is 3.92. The monoisotopic (exact) mass is 366 g/mol. The summed E-state index contributed by atoms with van der Waals surface area (Å²) in [6.45, 7) is 6.05. The van der Waals surface area contributed by atoms with Crippen molar-refractivity contribution in [1.29, 1.82) is 0 Å². The highest BCUT2D eigenvalue weighted by Crippen LogP contribution is 2.30. The van der Waals surface area contributed by atoms with Crippen molar-refractivity contribution >= 4 is 11.5 Å². The van der Waals surface area contributed by atoms with Crippen LogP contribution in [-0.4, -0.2) is 31.4 Å². The minimum absolute atomic E-state index is 0.0803. The number of anilines is 1. The number of aromatic nitrogens is 5. The number of alkyl halides is 3. The van der Waals surface area contributed by atoms with Gasteiger partial charge in [0.2, 0.25) is 5.88 Å². The molecule has 1 N–H and O–H groups in total. The molecular formula is C16H17F3N6O. The van der Waals surface area contributed by atoms with Gasteiger partial charge in [-0.25, -0.2) is 4.98 Å². The van der Waals surface area contributed by atoms with E-state index in [2.05, 4.69) is 25.6 Å². The van der Waals surface area contributed by atoms with Gasteiger partial charge in [0.25, 0.3) is 5.82 Å². The van der Waals surface area contributed by atoms with Crippen LogP contribution in [0.1, 0.15) is 29.4 Å². The molecule has 0 spiro atoms. The van der Waals surface area contributed by atoms with Crippen molar-refractivity contribution in [3.63, 3.8) is 0 Å². The topological polar surface area (TPSA) is 77.2 Å². The Morgan fingerprint density at radius 3 is 2.65 bits per heavy atom. The lowest BCUT2D eigenvalue weighted by molar-refractivity contribution is -0.146. The van der Waals surface area contributed by atoms with Crippen LogP contribution in [0.4, 0.5) is 19.0 Å². The molecule has 3 aromatic rings. The van der Waals surface area contributed by atoms with E-state index in [4.69, 9.17) is 4.74 Å². The van der Waals surface area contributed by atoms with Gasteiger partial charge >= 0.3 is 6.18 Å². The molecule has 0 atom stereocenters. The number of fused-ring (bicyclic) bond motifs is 1. The van der Waals surface area contributed by atoms with Gasteiger partial charge in [-0.15, -0.1) is 15.3 Å². The largest absolute Gasteiger partial charge is 0.478 e. The van der Waals surface area contributed by atoms with Gasteiger partial charge in [0.1, 0.15) is 0 Å². The van der Waals surface area contributed by atoms with E-state index in [0.29, 0.717) is 36.0 Å². The number of rotatable bonds is 5. The van der Waals surface area contributed by atoms with Crippen molar-refractivity contribution in [2.75, 3.05) is 11.9 Å². The fourth-order valence-electron chi connectivity index (χ4n) is 2.48. The average molecular weight is 366 g/mol. The molecule has 0 aliphatic rings. The van der Waals surface area contributed by atoms with E-state index in [1.165, 1.54) is 0 Å². The van der Waals surface area contributed by atoms with Crippen molar-refractivity contribution in [1.82, 2.24) is 24.8 Å². The first kappa shape index (κ1) is 17.9. The molecule has 0 aromatic carbocycles. The van der Waals surface area contributed by atoms with E-state index in [-0.39, 0.29) is 5.65 Å². The third-order valence-corrected chi connectivity index (χ3v) is 3.92. The maximum absolute atomic E-state index is 13.1. The number of hydrogen-bond donors (Lipinski definition) is 1. The average Bonchev–Trinajstić information content (AvgIpc) is 3.02. The summed E-state index contributed by atoms with van der Waals surface area (Å²) < 4.78 is 45.5. The van der Waals surface area contributed by atoms with E-state index in [1.54, 1.807) is 26.1 Å². The lowest BCUT2D eigenvalue weighted by atomic mass is 10.2. The number of nitrogens with zero attached hydrogens (tertiary/aromatic N) is 5. The van der Waals surface area contributed by atoms with Gasteiger partial charge in [0.15, 0.2) is 11.5 Å². The van der Waals surface area contributed by atoms with E-state index in [1.807, 2.05) is 13.0 Å². The fourth-order valence-corrected chi connectivity index (χ4v) is 2.48. The third kappa shape index (κ3) is 3.26. The highest BCUT2D eigenvalue weighted by Gasteiger charge is 2.38. The highest BCUT2D eigenvalue weighted by molar-refractivity contribution is 5.58. The maximum atomic E-state index is 13.1. The standard InChI is InChI=1S/C16H17F3N6O/c1-4-26-14-11(6-5-7-20-14)8-21-12-9(2)10(3)13-22-23-15(16(17,18)19)25(13)24-12/h5-7H,4,8H2,1-3H3,(H,21,24). The minimum atomic E-state index is -4.64. The molecule has 0 unspecified atom stereocenters. The van der Waals surface area contributed by atoms with Gasteiger partial charge < -0.3 is 10.1 Å². The van der Waals surface area contributed by atoms with Crippen LogP contribution in [0.3, 0.4) is 0 Å². The van der Waals surface area contributed by atoms with Gasteiger partial charge in [-0.05, 0) is 32.4 Å². The zero-order valence-electron chi connectivity index (χ0n) is 14.4. The SMILES string of the molecule is CCOc1ncccc1CNc1nn2c(C(F)(F)F)nnc2c(C)c1C. The molecule has 3 heterocycles. The van der Waals surface area contributed by atoms with Gasteiger partial charge in [-0.3, -0.25) is 0 Å². The first-order valence-corrected chi connectivity index (χ1v) is 7.93. The normalized spacial score (nSPS) is 11.8. The molecule has 0 radical (unpaired) electrons. The summed E-state index contributed by atoms with van der Waals surface area (Å²) in [7, 11) is 0. The Bertz CT molecular complexity index is 938. The molecule has 3 aromatic heterocycles. The second-order valence-corrected chi connectivity index (χ2v) is 5.61. The molecule has 10 heteroatoms. The first-order valence-electron chi connectivity index (χ1n) is 7.93. The molecule has 0 saturated heterocycles. The summed E-state index contributed by atoms with van der Waals surface area (Å²) in [6, 6.07) is 3.58. The smallest absolute Gasteiger partial charge is 0.453 e. The number of halogens is 3. The Morgan fingerprint density at radius 2 is 1.96 bits per heavy atom. The Balaban J connectivity index is 1.97. The van der Waals surface area contributed by atoms with Crippen LogP contribution in [0, 0.1) is 13.8 Å². The summed E-state index contributed by atoms with van der Waals surface area (Å²) in [5, 5.41) is 14.0. The summed E-state index contributed by atoms with van der Waals surface area (Å²) >= 11 is 0. The van der Waals surface area contributed by atoms with Crippen LogP contribution >= 0.6 is 0 Å². The zero-order valence-corrected chi connectivity index (χ0v) is 14.4. The highest BCUT2D eigenvalue weighted by atomic mass is 19.4. The van der Waals surface area contributed by atoms with Crippen LogP contribution in [0.5, 0.6) is 5.88 Å². The van der Waals surface area contributed by atoms with Crippen LogP contribution in [-0.2, 0) is 12.7 Å².